The van der Waals surface area contributed by atoms with Gasteiger partial charge in [-0.2, -0.15) is 23.3 Å². The van der Waals surface area contributed by atoms with Crippen LogP contribution in [0.5, 0.6) is 0 Å². The average Bonchev–Trinajstić information content (AvgIpc) is 3.30. The minimum Gasteiger partial charge on any atom is -0.333 e. The van der Waals surface area contributed by atoms with Crippen LogP contribution in [0.3, 0.4) is 0 Å². The zero-order chi connectivity index (χ0) is 19.0. The Morgan fingerprint density at radius 1 is 0.963 bits per heavy atom. The Kier molecular flexibility index (Phi) is 4.19. The lowest BCUT2D eigenvalue weighted by atomic mass is 10.2. The summed E-state index contributed by atoms with van der Waals surface area (Å²) in [5, 5.41) is 8.16. The molecule has 2 aromatic carbocycles. The highest BCUT2D eigenvalue weighted by Gasteiger charge is 2.40. The first-order chi connectivity index (χ1) is 12.9. The maximum atomic E-state index is 13.7. The van der Waals surface area contributed by atoms with Gasteiger partial charge in [-0.1, -0.05) is 35.0 Å². The molecule has 0 bridgehead atoms. The van der Waals surface area contributed by atoms with Crippen LogP contribution in [-0.2, 0) is 6.18 Å². The molecule has 0 amide bonds. The van der Waals surface area contributed by atoms with Crippen LogP contribution in [0.15, 0.2) is 65.3 Å². The Bertz CT molecular complexity index is 1070. The molecule has 136 valence electrons. The topological polar surface area (TPSA) is 56.7 Å². The molecular weight excluding hydrogens is 381 g/mol. The molecule has 0 unspecified atom stereocenters. The number of benzene rings is 2. The molecule has 4 aromatic rings. The summed E-state index contributed by atoms with van der Waals surface area (Å²) in [4.78, 5) is 4.09. The third-order valence-corrected chi connectivity index (χ3v) is 4.05. The first kappa shape index (κ1) is 17.3. The van der Waals surface area contributed by atoms with Gasteiger partial charge < -0.3 is 4.52 Å². The van der Waals surface area contributed by atoms with Gasteiger partial charge in [0.25, 0.3) is 5.89 Å². The molecule has 0 saturated carbocycles. The minimum absolute atomic E-state index is 0.155. The fourth-order valence-electron chi connectivity index (χ4n) is 2.59. The zero-order valence-electron chi connectivity index (χ0n) is 13.5. The van der Waals surface area contributed by atoms with Crippen LogP contribution in [0.2, 0.25) is 5.02 Å². The van der Waals surface area contributed by atoms with Gasteiger partial charge >= 0.3 is 6.18 Å². The summed E-state index contributed by atoms with van der Waals surface area (Å²) < 4.78 is 47.0. The third-order valence-electron chi connectivity index (χ3n) is 3.80. The molecule has 0 aliphatic heterocycles. The maximum Gasteiger partial charge on any atom is 0.434 e. The van der Waals surface area contributed by atoms with E-state index in [2.05, 4.69) is 15.2 Å². The van der Waals surface area contributed by atoms with Crippen molar-refractivity contribution in [1.29, 1.82) is 0 Å². The fraction of sp³-hybridized carbons (Fsp3) is 0.0556. The van der Waals surface area contributed by atoms with Gasteiger partial charge in [-0.15, -0.1) is 0 Å². The minimum atomic E-state index is -4.67. The number of aromatic nitrogens is 4. The molecule has 0 spiro atoms. The maximum absolute atomic E-state index is 13.7. The van der Waals surface area contributed by atoms with Crippen molar-refractivity contribution in [2.75, 3.05) is 0 Å². The van der Waals surface area contributed by atoms with Crippen molar-refractivity contribution < 1.29 is 17.7 Å². The largest absolute Gasteiger partial charge is 0.434 e. The van der Waals surface area contributed by atoms with Crippen molar-refractivity contribution >= 4 is 11.6 Å². The van der Waals surface area contributed by atoms with Crippen molar-refractivity contribution in [3.63, 3.8) is 0 Å². The van der Waals surface area contributed by atoms with Crippen LogP contribution in [0, 0.1) is 0 Å². The van der Waals surface area contributed by atoms with E-state index in [1.54, 1.807) is 42.5 Å². The van der Waals surface area contributed by atoms with Gasteiger partial charge in [0.05, 0.1) is 17.4 Å². The van der Waals surface area contributed by atoms with E-state index in [0.29, 0.717) is 10.6 Å². The summed E-state index contributed by atoms with van der Waals surface area (Å²) >= 11 is 5.83. The number of rotatable bonds is 3. The molecule has 2 heterocycles. The van der Waals surface area contributed by atoms with Crippen LogP contribution in [0.25, 0.3) is 28.5 Å². The molecule has 9 heteroatoms. The highest BCUT2D eigenvalue weighted by molar-refractivity contribution is 6.30. The lowest BCUT2D eigenvalue weighted by Gasteiger charge is -2.11. The van der Waals surface area contributed by atoms with E-state index in [0.717, 1.165) is 10.9 Å². The Morgan fingerprint density at radius 2 is 1.67 bits per heavy atom. The molecule has 0 fully saturated rings. The van der Waals surface area contributed by atoms with Crippen molar-refractivity contribution in [1.82, 2.24) is 19.9 Å². The van der Waals surface area contributed by atoms with E-state index >= 15 is 0 Å². The molecule has 4 rings (SSSR count). The van der Waals surface area contributed by atoms with Crippen LogP contribution in [0.1, 0.15) is 5.69 Å². The van der Waals surface area contributed by atoms with E-state index in [1.165, 1.54) is 12.1 Å². The average molecular weight is 391 g/mol. The van der Waals surface area contributed by atoms with Crippen LogP contribution < -0.4 is 0 Å². The molecule has 0 aliphatic rings. The predicted molar refractivity (Wildman–Crippen MR) is 92.3 cm³/mol. The quantitative estimate of drug-likeness (QED) is 0.478. The van der Waals surface area contributed by atoms with Crippen molar-refractivity contribution in [3.8, 4) is 28.5 Å². The first-order valence-corrected chi connectivity index (χ1v) is 8.12. The van der Waals surface area contributed by atoms with Gasteiger partial charge in [0.2, 0.25) is 5.82 Å². The van der Waals surface area contributed by atoms with E-state index in [9.17, 15) is 13.2 Å². The first-order valence-electron chi connectivity index (χ1n) is 7.74. The van der Waals surface area contributed by atoms with E-state index in [1.807, 2.05) is 0 Å². The summed E-state index contributed by atoms with van der Waals surface area (Å²) in [5.41, 5.74) is -0.439. The molecular formula is C18H10ClF3N4O. The summed E-state index contributed by atoms with van der Waals surface area (Å²) in [7, 11) is 0. The van der Waals surface area contributed by atoms with E-state index in [-0.39, 0.29) is 23.0 Å². The molecule has 0 N–H and O–H groups in total. The van der Waals surface area contributed by atoms with Crippen molar-refractivity contribution in [2.45, 2.75) is 6.18 Å². The number of halogens is 4. The SMILES string of the molecule is FC(F)(F)c1c(-c2nc(-c3ccc(Cl)cc3)no2)cnn1-c1ccccc1. The number of alkyl halides is 3. The molecule has 0 saturated heterocycles. The summed E-state index contributed by atoms with van der Waals surface area (Å²) in [5.74, 6) is -0.114. The van der Waals surface area contributed by atoms with Gasteiger partial charge in [0.1, 0.15) is 0 Å². The number of nitrogens with zero attached hydrogens (tertiary/aromatic N) is 4. The van der Waals surface area contributed by atoms with E-state index in [4.69, 9.17) is 16.1 Å². The molecule has 0 radical (unpaired) electrons. The highest BCUT2D eigenvalue weighted by atomic mass is 35.5. The fourth-order valence-corrected chi connectivity index (χ4v) is 2.72. The zero-order valence-corrected chi connectivity index (χ0v) is 14.2. The Labute approximate surface area is 156 Å². The van der Waals surface area contributed by atoms with Crippen LogP contribution in [-0.4, -0.2) is 19.9 Å². The lowest BCUT2D eigenvalue weighted by Crippen LogP contribution is -2.14. The molecule has 2 aromatic heterocycles. The van der Waals surface area contributed by atoms with Crippen LogP contribution in [0.4, 0.5) is 13.2 Å². The van der Waals surface area contributed by atoms with Gasteiger partial charge in [-0.05, 0) is 36.4 Å². The normalized spacial score (nSPS) is 11.7. The molecule has 5 nitrogen and oxygen atoms in total. The van der Waals surface area contributed by atoms with Crippen molar-refractivity contribution in [3.05, 3.63) is 71.5 Å². The van der Waals surface area contributed by atoms with Gasteiger partial charge in [-0.3, -0.25) is 0 Å². The highest BCUT2D eigenvalue weighted by Crippen LogP contribution is 2.38. The van der Waals surface area contributed by atoms with Crippen molar-refractivity contribution in [2.24, 2.45) is 0 Å². The van der Waals surface area contributed by atoms with Gasteiger partial charge in [-0.25, -0.2) is 4.68 Å². The Balaban J connectivity index is 1.81. The second kappa shape index (κ2) is 6.55. The second-order valence-corrected chi connectivity index (χ2v) is 6.02. The second-order valence-electron chi connectivity index (χ2n) is 5.58. The monoisotopic (exact) mass is 390 g/mol. The number of hydrogen-bond acceptors (Lipinski definition) is 4. The standard InChI is InChI=1S/C18H10ClF3N4O/c19-12-8-6-11(7-9-12)16-24-17(27-25-16)14-10-23-26(15(14)18(20,21)22)13-4-2-1-3-5-13/h1-10H. The smallest absolute Gasteiger partial charge is 0.333 e. The summed E-state index contributed by atoms with van der Waals surface area (Å²) in [6.45, 7) is 0. The Hall–Kier alpha value is -3.13. The summed E-state index contributed by atoms with van der Waals surface area (Å²) in [6.07, 6.45) is -3.61. The summed E-state index contributed by atoms with van der Waals surface area (Å²) in [6, 6.07) is 14.6. The molecule has 0 aliphatic carbocycles. The van der Waals surface area contributed by atoms with Gasteiger partial charge in [0.15, 0.2) is 5.69 Å². The number of para-hydroxylation sites is 1. The lowest BCUT2D eigenvalue weighted by molar-refractivity contribution is -0.142. The molecule has 0 atom stereocenters. The predicted octanol–water partition coefficient (Wildman–Crippen LogP) is 5.26. The van der Waals surface area contributed by atoms with Gasteiger partial charge in [0, 0.05) is 10.6 Å². The Morgan fingerprint density at radius 3 is 2.33 bits per heavy atom. The number of hydrogen-bond donors (Lipinski definition) is 0. The van der Waals surface area contributed by atoms with Crippen LogP contribution >= 0.6 is 11.6 Å². The molecule has 27 heavy (non-hydrogen) atoms. The van der Waals surface area contributed by atoms with E-state index < -0.39 is 11.9 Å². The third kappa shape index (κ3) is 3.31.